The van der Waals surface area contributed by atoms with Crippen LogP contribution in [-0.4, -0.2) is 45.5 Å². The molecule has 0 spiro atoms. The molecule has 0 atom stereocenters. The maximum atomic E-state index is 12.5. The number of nitrogens with zero attached hydrogens (tertiary/aromatic N) is 4. The van der Waals surface area contributed by atoms with Crippen molar-refractivity contribution in [1.82, 2.24) is 19.9 Å². The quantitative estimate of drug-likeness (QED) is 0.844. The van der Waals surface area contributed by atoms with Gasteiger partial charge in [-0.05, 0) is 19.3 Å². The van der Waals surface area contributed by atoms with Crippen molar-refractivity contribution in [2.24, 2.45) is 0 Å². The number of rotatable bonds is 4. The summed E-state index contributed by atoms with van der Waals surface area (Å²) in [4.78, 5) is 27.3. The second-order valence-electron chi connectivity index (χ2n) is 6.57. The molecule has 4 rings (SSSR count). The molecule has 4 heterocycles. The Bertz CT molecular complexity index is 725. The molecule has 7 heteroatoms. The Morgan fingerprint density at radius 2 is 2.16 bits per heavy atom. The van der Waals surface area contributed by atoms with Crippen molar-refractivity contribution in [3.8, 4) is 0 Å². The van der Waals surface area contributed by atoms with Gasteiger partial charge < -0.3 is 14.1 Å². The van der Waals surface area contributed by atoms with Crippen molar-refractivity contribution in [1.29, 1.82) is 0 Å². The number of amides is 1. The van der Waals surface area contributed by atoms with Gasteiger partial charge in [-0.25, -0.2) is 4.98 Å². The van der Waals surface area contributed by atoms with Crippen molar-refractivity contribution in [3.63, 3.8) is 0 Å². The minimum absolute atomic E-state index is 0.131. The summed E-state index contributed by atoms with van der Waals surface area (Å²) >= 11 is 0. The van der Waals surface area contributed by atoms with Gasteiger partial charge in [-0.1, -0.05) is 0 Å². The molecule has 25 heavy (non-hydrogen) atoms. The highest BCUT2D eigenvalue weighted by Crippen LogP contribution is 2.30. The van der Waals surface area contributed by atoms with Crippen LogP contribution >= 0.6 is 0 Å². The molecule has 0 radical (unpaired) electrons. The third-order valence-corrected chi connectivity index (χ3v) is 4.88. The van der Waals surface area contributed by atoms with Crippen LogP contribution in [0.5, 0.6) is 0 Å². The summed E-state index contributed by atoms with van der Waals surface area (Å²) < 4.78 is 11.4. The highest BCUT2D eigenvalue weighted by atomic mass is 16.5. The number of hydrogen-bond acceptors (Lipinski definition) is 6. The smallest absolute Gasteiger partial charge is 0.223 e. The van der Waals surface area contributed by atoms with Gasteiger partial charge in [-0.2, -0.15) is 0 Å². The predicted molar refractivity (Wildman–Crippen MR) is 88.8 cm³/mol. The lowest BCUT2D eigenvalue weighted by molar-refractivity contribution is -0.132. The first-order chi connectivity index (χ1) is 12.3. The molecule has 0 bridgehead atoms. The summed E-state index contributed by atoms with van der Waals surface area (Å²) in [5.41, 5.74) is 1.76. The normalized spacial score (nSPS) is 18.2. The first kappa shape index (κ1) is 16.2. The van der Waals surface area contributed by atoms with E-state index in [0.717, 1.165) is 55.5 Å². The number of aryl methyl sites for hydroxylation is 1. The zero-order valence-electron chi connectivity index (χ0n) is 14.2. The minimum Gasteiger partial charge on any atom is -0.445 e. The number of aromatic nitrogens is 3. The largest absolute Gasteiger partial charge is 0.445 e. The monoisotopic (exact) mass is 342 g/mol. The molecule has 0 saturated carbocycles. The first-order valence-corrected chi connectivity index (χ1v) is 8.88. The molecular weight excluding hydrogens is 320 g/mol. The Morgan fingerprint density at radius 3 is 2.96 bits per heavy atom. The summed E-state index contributed by atoms with van der Waals surface area (Å²) in [5.74, 6) is 2.24. The number of fused-ring (bicyclic) bond motifs is 1. The second-order valence-corrected chi connectivity index (χ2v) is 6.57. The van der Waals surface area contributed by atoms with E-state index < -0.39 is 0 Å². The van der Waals surface area contributed by atoms with Crippen LogP contribution < -0.4 is 0 Å². The van der Waals surface area contributed by atoms with Gasteiger partial charge in [0.2, 0.25) is 5.91 Å². The average Bonchev–Trinajstić information content (AvgIpc) is 3.11. The molecular formula is C18H22N4O3. The fourth-order valence-electron chi connectivity index (χ4n) is 3.40. The van der Waals surface area contributed by atoms with Gasteiger partial charge in [0.05, 0.1) is 12.2 Å². The fraction of sp³-hybridized carbons (Fsp3) is 0.556. The van der Waals surface area contributed by atoms with Gasteiger partial charge in [0, 0.05) is 57.1 Å². The van der Waals surface area contributed by atoms with Gasteiger partial charge in [0.15, 0.2) is 5.89 Å². The predicted octanol–water partition coefficient (Wildman–Crippen LogP) is 1.88. The molecule has 132 valence electrons. The van der Waals surface area contributed by atoms with Crippen LogP contribution in [0.25, 0.3) is 0 Å². The summed E-state index contributed by atoms with van der Waals surface area (Å²) in [7, 11) is 0. The SMILES string of the molecule is O=C(CCc1cnccn1)N1CCc2oc(C3CCOCC3)nc2C1. The molecule has 2 aliphatic heterocycles. The summed E-state index contributed by atoms with van der Waals surface area (Å²) in [5, 5.41) is 0. The highest BCUT2D eigenvalue weighted by Gasteiger charge is 2.28. The molecule has 7 nitrogen and oxygen atoms in total. The van der Waals surface area contributed by atoms with E-state index in [9.17, 15) is 4.79 Å². The summed E-state index contributed by atoms with van der Waals surface area (Å²) in [6.07, 6.45) is 8.71. The number of carbonyl (C=O) groups excluding carboxylic acids is 1. The van der Waals surface area contributed by atoms with Crippen molar-refractivity contribution < 1.29 is 13.9 Å². The third-order valence-electron chi connectivity index (χ3n) is 4.88. The van der Waals surface area contributed by atoms with Crippen LogP contribution in [0.1, 0.15) is 48.2 Å². The van der Waals surface area contributed by atoms with Gasteiger partial charge >= 0.3 is 0 Å². The van der Waals surface area contributed by atoms with E-state index in [0.29, 0.717) is 31.8 Å². The van der Waals surface area contributed by atoms with E-state index in [1.165, 1.54) is 0 Å². The van der Waals surface area contributed by atoms with E-state index in [-0.39, 0.29) is 5.91 Å². The topological polar surface area (TPSA) is 81.4 Å². The van der Waals surface area contributed by atoms with Crippen LogP contribution in [-0.2, 0) is 28.9 Å². The average molecular weight is 342 g/mol. The molecule has 2 aromatic heterocycles. The van der Waals surface area contributed by atoms with Gasteiger partial charge in [-0.3, -0.25) is 14.8 Å². The zero-order chi connectivity index (χ0) is 17.1. The van der Waals surface area contributed by atoms with Gasteiger partial charge in [0.25, 0.3) is 0 Å². The van der Waals surface area contributed by atoms with Crippen LogP contribution in [0.2, 0.25) is 0 Å². The molecule has 1 fully saturated rings. The highest BCUT2D eigenvalue weighted by molar-refractivity contribution is 5.76. The standard InChI is InChI=1S/C18H22N4O3/c23-17(2-1-14-11-19-6-7-20-14)22-8-3-16-15(12-22)21-18(25-16)13-4-9-24-10-5-13/h6-7,11,13H,1-5,8-10,12H2. The Balaban J connectivity index is 1.37. The van der Waals surface area contributed by atoms with Crippen LogP contribution in [0.4, 0.5) is 0 Å². The lowest BCUT2D eigenvalue weighted by atomic mass is 10.0. The van der Waals surface area contributed by atoms with E-state index in [4.69, 9.17) is 9.15 Å². The Kier molecular flexibility index (Phi) is 4.74. The van der Waals surface area contributed by atoms with Crippen molar-refractivity contribution in [3.05, 3.63) is 41.6 Å². The van der Waals surface area contributed by atoms with Crippen LogP contribution in [0.3, 0.4) is 0 Å². The van der Waals surface area contributed by atoms with Crippen LogP contribution in [0, 0.1) is 0 Å². The molecule has 0 N–H and O–H groups in total. The molecule has 0 aromatic carbocycles. The zero-order valence-corrected chi connectivity index (χ0v) is 14.2. The lowest BCUT2D eigenvalue weighted by Crippen LogP contribution is -2.36. The fourth-order valence-corrected chi connectivity index (χ4v) is 3.40. The number of hydrogen-bond donors (Lipinski definition) is 0. The van der Waals surface area contributed by atoms with Crippen molar-refractivity contribution in [2.75, 3.05) is 19.8 Å². The maximum absolute atomic E-state index is 12.5. The van der Waals surface area contributed by atoms with E-state index >= 15 is 0 Å². The van der Waals surface area contributed by atoms with Gasteiger partial charge in [-0.15, -0.1) is 0 Å². The van der Waals surface area contributed by atoms with E-state index in [2.05, 4.69) is 15.0 Å². The Morgan fingerprint density at radius 1 is 1.28 bits per heavy atom. The molecule has 0 aliphatic carbocycles. The van der Waals surface area contributed by atoms with Crippen molar-refractivity contribution >= 4 is 5.91 Å². The first-order valence-electron chi connectivity index (χ1n) is 8.88. The summed E-state index contributed by atoms with van der Waals surface area (Å²) in [6, 6.07) is 0. The maximum Gasteiger partial charge on any atom is 0.223 e. The lowest BCUT2D eigenvalue weighted by Gasteiger charge is -2.25. The minimum atomic E-state index is 0.131. The van der Waals surface area contributed by atoms with Gasteiger partial charge in [0.1, 0.15) is 11.5 Å². The number of ether oxygens (including phenoxy) is 1. The number of oxazole rings is 1. The summed E-state index contributed by atoms with van der Waals surface area (Å²) in [6.45, 7) is 2.77. The molecule has 0 unspecified atom stereocenters. The third kappa shape index (κ3) is 3.71. The molecule has 2 aliphatic rings. The molecule has 2 aromatic rings. The Hall–Kier alpha value is -2.28. The van der Waals surface area contributed by atoms with Crippen LogP contribution in [0.15, 0.2) is 23.0 Å². The van der Waals surface area contributed by atoms with E-state index in [1.807, 2.05) is 4.90 Å². The Labute approximate surface area is 146 Å². The second kappa shape index (κ2) is 7.31. The van der Waals surface area contributed by atoms with Crippen molar-refractivity contribution in [2.45, 2.75) is 44.6 Å². The molecule has 1 saturated heterocycles. The molecule has 1 amide bonds. The van der Waals surface area contributed by atoms with E-state index in [1.54, 1.807) is 18.6 Å². The number of carbonyl (C=O) groups is 1.